The van der Waals surface area contributed by atoms with Crippen LogP contribution in [0.25, 0.3) is 5.57 Å². The Hall–Kier alpha value is -4.13. The molecule has 7 nitrogen and oxygen atoms in total. The standard InChI is InChI=1S/C26H24F3N5O2/c1-3-21(35)20-12-19(14-34(20)16-25(27,28)29)26(22(36)33(2)23(31)32-26)24(15-30)11-7-10-18(13-24)17-8-5-4-6-9-17/h4-12,14H,3,13,16H2,1-2H3,(H2,31,32). The lowest BCUT2D eigenvalue weighted by molar-refractivity contribution is -0.140. The molecule has 1 aliphatic carbocycles. The third kappa shape index (κ3) is 3.90. The molecular weight excluding hydrogens is 471 g/mol. The monoisotopic (exact) mass is 495 g/mol. The number of guanidine groups is 1. The molecule has 186 valence electrons. The van der Waals surface area contributed by atoms with Gasteiger partial charge < -0.3 is 10.3 Å². The largest absolute Gasteiger partial charge is 0.406 e. The van der Waals surface area contributed by atoms with E-state index in [0.717, 1.165) is 26.8 Å². The van der Waals surface area contributed by atoms with E-state index in [2.05, 4.69) is 11.1 Å². The second-order valence-electron chi connectivity index (χ2n) is 8.86. The SMILES string of the molecule is CCC(=O)c1cc(C2(C3(C#N)C=CC=C(c4ccccc4)C3)N=C(N)N(C)C2=O)cn1CC(F)(F)F. The third-order valence-electron chi connectivity index (χ3n) is 6.65. The summed E-state index contributed by atoms with van der Waals surface area (Å²) in [6.45, 7) is 0.100. The van der Waals surface area contributed by atoms with Crippen LogP contribution in [0.1, 0.15) is 41.4 Å². The van der Waals surface area contributed by atoms with Gasteiger partial charge in [-0.05, 0) is 23.6 Å². The average Bonchev–Trinajstić information content (AvgIpc) is 3.37. The quantitative estimate of drug-likeness (QED) is 0.607. The smallest absolute Gasteiger partial charge is 0.369 e. The highest BCUT2D eigenvalue weighted by molar-refractivity contribution is 6.08. The molecule has 0 saturated heterocycles. The number of aromatic nitrogens is 1. The molecule has 0 saturated carbocycles. The molecule has 0 radical (unpaired) electrons. The number of carbonyl (C=O) groups excluding carboxylic acids is 2. The summed E-state index contributed by atoms with van der Waals surface area (Å²) in [5, 5.41) is 10.5. The molecule has 4 rings (SSSR count). The number of benzene rings is 1. The highest BCUT2D eigenvalue weighted by Gasteiger charge is 2.63. The first kappa shape index (κ1) is 25.0. The summed E-state index contributed by atoms with van der Waals surface area (Å²) in [6, 6.07) is 12.7. The van der Waals surface area contributed by atoms with Crippen molar-refractivity contribution in [3.05, 3.63) is 77.6 Å². The van der Waals surface area contributed by atoms with Crippen LogP contribution in [0.3, 0.4) is 0 Å². The van der Waals surface area contributed by atoms with Crippen LogP contribution >= 0.6 is 0 Å². The number of nitrogens with zero attached hydrogens (tertiary/aromatic N) is 4. The number of alkyl halides is 3. The Bertz CT molecular complexity index is 1350. The summed E-state index contributed by atoms with van der Waals surface area (Å²) in [5.41, 5.74) is 3.76. The molecule has 2 heterocycles. The molecule has 1 aromatic heterocycles. The predicted octanol–water partition coefficient (Wildman–Crippen LogP) is 4.18. The first-order chi connectivity index (χ1) is 17.0. The summed E-state index contributed by atoms with van der Waals surface area (Å²) in [7, 11) is 1.39. The van der Waals surface area contributed by atoms with E-state index >= 15 is 0 Å². The fourth-order valence-corrected chi connectivity index (χ4v) is 4.83. The number of amides is 1. The zero-order valence-electron chi connectivity index (χ0n) is 19.7. The van der Waals surface area contributed by atoms with Gasteiger partial charge in [0, 0.05) is 25.2 Å². The molecule has 1 amide bonds. The molecular formula is C26H24F3N5O2. The normalized spacial score (nSPS) is 23.9. The molecule has 2 atom stereocenters. The lowest BCUT2D eigenvalue weighted by Crippen LogP contribution is -2.50. The fraction of sp³-hybridized carbons (Fsp3) is 0.308. The topological polar surface area (TPSA) is 104 Å². The average molecular weight is 496 g/mol. The number of hydrogen-bond acceptors (Lipinski definition) is 5. The van der Waals surface area contributed by atoms with Gasteiger partial charge >= 0.3 is 6.18 Å². The van der Waals surface area contributed by atoms with Gasteiger partial charge in [0.05, 0.1) is 11.8 Å². The number of rotatable bonds is 6. The van der Waals surface area contributed by atoms with Crippen LogP contribution in [-0.2, 0) is 16.9 Å². The summed E-state index contributed by atoms with van der Waals surface area (Å²) in [6.07, 6.45) is 1.47. The Balaban J connectivity index is 1.95. The third-order valence-corrected chi connectivity index (χ3v) is 6.65. The number of nitrogens with two attached hydrogens (primary N) is 1. The van der Waals surface area contributed by atoms with Crippen molar-refractivity contribution in [1.82, 2.24) is 9.47 Å². The molecule has 0 spiro atoms. The Labute approximate surface area is 206 Å². The van der Waals surface area contributed by atoms with Crippen LogP contribution in [0.15, 0.2) is 65.8 Å². The number of allylic oxidation sites excluding steroid dienone is 3. The number of likely N-dealkylation sites (N-methyl/N-ethyl adjacent to an activating group) is 1. The predicted molar refractivity (Wildman–Crippen MR) is 127 cm³/mol. The number of carbonyl (C=O) groups is 2. The molecule has 36 heavy (non-hydrogen) atoms. The van der Waals surface area contributed by atoms with Crippen LogP contribution in [0.2, 0.25) is 0 Å². The summed E-state index contributed by atoms with van der Waals surface area (Å²) >= 11 is 0. The Morgan fingerprint density at radius 2 is 1.97 bits per heavy atom. The lowest BCUT2D eigenvalue weighted by atomic mass is 9.62. The van der Waals surface area contributed by atoms with E-state index in [1.54, 1.807) is 6.08 Å². The second kappa shape index (κ2) is 8.82. The Morgan fingerprint density at radius 3 is 2.53 bits per heavy atom. The first-order valence-corrected chi connectivity index (χ1v) is 11.3. The number of nitriles is 1. The molecule has 2 N–H and O–H groups in total. The molecule has 0 bridgehead atoms. The number of halogens is 3. The number of ketones is 1. The molecule has 2 aliphatic rings. The van der Waals surface area contributed by atoms with Crippen molar-refractivity contribution < 1.29 is 22.8 Å². The van der Waals surface area contributed by atoms with Crippen molar-refractivity contribution >= 4 is 23.2 Å². The van der Waals surface area contributed by atoms with E-state index in [9.17, 15) is 28.0 Å². The van der Waals surface area contributed by atoms with Crippen LogP contribution in [0.4, 0.5) is 13.2 Å². The highest BCUT2D eigenvalue weighted by atomic mass is 19.4. The second-order valence-corrected chi connectivity index (χ2v) is 8.86. The van der Waals surface area contributed by atoms with Gasteiger partial charge in [-0.3, -0.25) is 14.5 Å². The summed E-state index contributed by atoms with van der Waals surface area (Å²) < 4.78 is 40.9. The molecule has 1 aliphatic heterocycles. The van der Waals surface area contributed by atoms with Crippen molar-refractivity contribution in [2.75, 3.05) is 7.05 Å². The maximum atomic E-state index is 13.8. The minimum absolute atomic E-state index is 0.00126. The van der Waals surface area contributed by atoms with Crippen molar-refractivity contribution in [3.8, 4) is 6.07 Å². The molecule has 10 heteroatoms. The van der Waals surface area contributed by atoms with Gasteiger partial charge in [0.15, 0.2) is 17.3 Å². The van der Waals surface area contributed by atoms with Crippen molar-refractivity contribution in [3.63, 3.8) is 0 Å². The van der Waals surface area contributed by atoms with Crippen LogP contribution < -0.4 is 5.73 Å². The number of aliphatic imine (C=N–C) groups is 1. The van der Waals surface area contributed by atoms with E-state index in [1.807, 2.05) is 36.4 Å². The lowest BCUT2D eigenvalue weighted by Gasteiger charge is -2.40. The van der Waals surface area contributed by atoms with Crippen LogP contribution in [0.5, 0.6) is 0 Å². The Morgan fingerprint density at radius 1 is 1.28 bits per heavy atom. The minimum Gasteiger partial charge on any atom is -0.369 e. The highest BCUT2D eigenvalue weighted by Crippen LogP contribution is 2.54. The van der Waals surface area contributed by atoms with Gasteiger partial charge in [-0.25, -0.2) is 4.99 Å². The van der Waals surface area contributed by atoms with Crippen LogP contribution in [-0.4, -0.2) is 40.3 Å². The van der Waals surface area contributed by atoms with Gasteiger partial charge in [-0.2, -0.15) is 18.4 Å². The Kier molecular flexibility index (Phi) is 6.12. The maximum Gasteiger partial charge on any atom is 0.406 e. The number of hydrogen-bond donors (Lipinski definition) is 1. The first-order valence-electron chi connectivity index (χ1n) is 11.3. The maximum absolute atomic E-state index is 13.8. The van der Waals surface area contributed by atoms with Gasteiger partial charge in [0.2, 0.25) is 0 Å². The fourth-order valence-electron chi connectivity index (χ4n) is 4.83. The van der Waals surface area contributed by atoms with Crippen molar-refractivity contribution in [2.45, 2.75) is 38.0 Å². The van der Waals surface area contributed by atoms with E-state index in [0.29, 0.717) is 0 Å². The number of Topliss-reactive ketones (excluding diaryl/α,β-unsaturated/α-hetero) is 1. The van der Waals surface area contributed by atoms with Gasteiger partial charge in [-0.1, -0.05) is 55.5 Å². The van der Waals surface area contributed by atoms with E-state index in [4.69, 9.17) is 5.73 Å². The van der Waals surface area contributed by atoms with Crippen molar-refractivity contribution in [2.24, 2.45) is 16.1 Å². The van der Waals surface area contributed by atoms with E-state index in [-0.39, 0.29) is 30.1 Å². The summed E-state index contributed by atoms with van der Waals surface area (Å²) in [4.78, 5) is 31.9. The molecule has 0 fully saturated rings. The molecule has 1 aromatic carbocycles. The van der Waals surface area contributed by atoms with E-state index < -0.39 is 35.4 Å². The minimum atomic E-state index is -4.62. The zero-order valence-corrected chi connectivity index (χ0v) is 19.7. The van der Waals surface area contributed by atoms with E-state index in [1.165, 1.54) is 26.1 Å². The van der Waals surface area contributed by atoms with Gasteiger partial charge in [0.1, 0.15) is 12.0 Å². The van der Waals surface area contributed by atoms with Gasteiger partial charge in [-0.15, -0.1) is 0 Å². The van der Waals surface area contributed by atoms with Crippen LogP contribution in [0, 0.1) is 16.7 Å². The molecule has 2 unspecified atom stereocenters. The van der Waals surface area contributed by atoms with Crippen molar-refractivity contribution in [1.29, 1.82) is 5.26 Å². The summed E-state index contributed by atoms with van der Waals surface area (Å²) in [5.74, 6) is -1.38. The zero-order chi connectivity index (χ0) is 26.3. The van der Waals surface area contributed by atoms with Gasteiger partial charge in [0.25, 0.3) is 5.91 Å². The molecule has 2 aromatic rings.